The van der Waals surface area contributed by atoms with Gasteiger partial charge in [-0.3, -0.25) is 4.79 Å². The molecule has 0 spiro atoms. The minimum Gasteiger partial charge on any atom is -0.399 e. The second kappa shape index (κ2) is 3.72. The lowest BCUT2D eigenvalue weighted by Gasteiger charge is -2.00. The molecule has 0 unspecified atom stereocenters. The molecule has 0 aromatic heterocycles. The number of benzene rings is 1. The van der Waals surface area contributed by atoms with Crippen molar-refractivity contribution in [2.45, 2.75) is 13.3 Å². The minimum absolute atomic E-state index is 0.146. The lowest BCUT2D eigenvalue weighted by molar-refractivity contribution is -0.116. The molecule has 2 nitrogen and oxygen atoms in total. The maximum Gasteiger partial charge on any atom is 0.134 e. The van der Waals surface area contributed by atoms with Crippen molar-refractivity contribution in [2.75, 3.05) is 5.73 Å². The van der Waals surface area contributed by atoms with E-state index in [0.29, 0.717) is 12.1 Å². The van der Waals surface area contributed by atoms with E-state index < -0.39 is 0 Å². The zero-order valence-corrected chi connectivity index (χ0v) is 8.39. The molecule has 0 heterocycles. The van der Waals surface area contributed by atoms with E-state index >= 15 is 0 Å². The first-order valence-corrected chi connectivity index (χ1v) is 4.41. The number of carbonyl (C=O) groups excluding carboxylic acids is 1. The van der Waals surface area contributed by atoms with Crippen molar-refractivity contribution in [3.05, 3.63) is 28.2 Å². The molecular weight excluding hydrogens is 218 g/mol. The van der Waals surface area contributed by atoms with Crippen LogP contribution in [0.3, 0.4) is 0 Å². The van der Waals surface area contributed by atoms with Crippen molar-refractivity contribution in [1.82, 2.24) is 0 Å². The largest absolute Gasteiger partial charge is 0.399 e. The number of Topliss-reactive ketones (excluding diaryl/α,β-unsaturated/α-hetero) is 1. The standard InChI is InChI=1S/C9H10BrNO/c1-6(12)2-7-3-8(10)5-9(11)4-7/h3-5H,2,11H2,1H3. The summed E-state index contributed by atoms with van der Waals surface area (Å²) >= 11 is 3.31. The number of nitrogens with two attached hydrogens (primary N) is 1. The van der Waals surface area contributed by atoms with Crippen LogP contribution in [0.15, 0.2) is 22.7 Å². The average Bonchev–Trinajstić information content (AvgIpc) is 1.81. The molecule has 3 heteroatoms. The van der Waals surface area contributed by atoms with Gasteiger partial charge in [-0.2, -0.15) is 0 Å². The molecule has 0 aliphatic carbocycles. The fraction of sp³-hybridized carbons (Fsp3) is 0.222. The Balaban J connectivity index is 2.93. The van der Waals surface area contributed by atoms with E-state index in [1.54, 1.807) is 6.92 Å². The molecule has 0 aliphatic rings. The first-order chi connectivity index (χ1) is 5.58. The molecular formula is C9H10BrNO. The van der Waals surface area contributed by atoms with E-state index in [0.717, 1.165) is 10.0 Å². The zero-order chi connectivity index (χ0) is 9.14. The molecule has 1 aromatic rings. The van der Waals surface area contributed by atoms with E-state index in [1.165, 1.54) is 0 Å². The van der Waals surface area contributed by atoms with Crippen molar-refractivity contribution in [3.8, 4) is 0 Å². The predicted octanol–water partition coefficient (Wildman–Crippen LogP) is 2.16. The molecule has 64 valence electrons. The topological polar surface area (TPSA) is 43.1 Å². The van der Waals surface area contributed by atoms with Crippen molar-refractivity contribution in [2.24, 2.45) is 0 Å². The molecule has 0 saturated carbocycles. The summed E-state index contributed by atoms with van der Waals surface area (Å²) in [5, 5.41) is 0. The third-order valence-electron chi connectivity index (χ3n) is 1.43. The Labute approximate surface area is 79.9 Å². The van der Waals surface area contributed by atoms with Gasteiger partial charge in [-0.1, -0.05) is 15.9 Å². The lowest BCUT2D eigenvalue weighted by atomic mass is 10.1. The number of hydrogen-bond acceptors (Lipinski definition) is 2. The second-order valence-electron chi connectivity index (χ2n) is 2.77. The zero-order valence-electron chi connectivity index (χ0n) is 6.80. The first-order valence-electron chi connectivity index (χ1n) is 3.62. The van der Waals surface area contributed by atoms with E-state index in [2.05, 4.69) is 15.9 Å². The molecule has 0 fully saturated rings. The van der Waals surface area contributed by atoms with Crippen LogP contribution in [0.25, 0.3) is 0 Å². The summed E-state index contributed by atoms with van der Waals surface area (Å²) in [7, 11) is 0. The molecule has 0 aliphatic heterocycles. The Morgan fingerprint density at radius 3 is 2.67 bits per heavy atom. The Kier molecular flexibility index (Phi) is 2.87. The minimum atomic E-state index is 0.146. The van der Waals surface area contributed by atoms with Crippen molar-refractivity contribution in [3.63, 3.8) is 0 Å². The van der Waals surface area contributed by atoms with Crippen LogP contribution in [0.4, 0.5) is 5.69 Å². The van der Waals surface area contributed by atoms with Crippen LogP contribution in [-0.2, 0) is 11.2 Å². The van der Waals surface area contributed by atoms with Gasteiger partial charge >= 0.3 is 0 Å². The summed E-state index contributed by atoms with van der Waals surface area (Å²) in [6.45, 7) is 1.57. The van der Waals surface area contributed by atoms with E-state index in [9.17, 15) is 4.79 Å². The number of ketones is 1. The Morgan fingerprint density at radius 1 is 1.50 bits per heavy atom. The van der Waals surface area contributed by atoms with Gasteiger partial charge < -0.3 is 5.73 Å². The van der Waals surface area contributed by atoms with Crippen LogP contribution < -0.4 is 5.73 Å². The van der Waals surface area contributed by atoms with Gasteiger partial charge in [-0.25, -0.2) is 0 Å². The van der Waals surface area contributed by atoms with Gasteiger partial charge in [-0.15, -0.1) is 0 Å². The third kappa shape index (κ3) is 2.66. The van der Waals surface area contributed by atoms with Crippen LogP contribution in [0, 0.1) is 0 Å². The summed E-state index contributed by atoms with van der Waals surface area (Å²) in [5.74, 6) is 0.146. The van der Waals surface area contributed by atoms with E-state index in [-0.39, 0.29) is 5.78 Å². The first kappa shape index (κ1) is 9.26. The van der Waals surface area contributed by atoms with Gasteiger partial charge in [-0.05, 0) is 30.7 Å². The number of rotatable bonds is 2. The molecule has 2 N–H and O–H groups in total. The van der Waals surface area contributed by atoms with E-state index in [4.69, 9.17) is 5.73 Å². The fourth-order valence-corrected chi connectivity index (χ4v) is 1.62. The van der Waals surface area contributed by atoms with E-state index in [1.807, 2.05) is 18.2 Å². The summed E-state index contributed by atoms with van der Waals surface area (Å²) in [6.07, 6.45) is 0.448. The average molecular weight is 228 g/mol. The van der Waals surface area contributed by atoms with Crippen LogP contribution >= 0.6 is 15.9 Å². The quantitative estimate of drug-likeness (QED) is 0.788. The van der Waals surface area contributed by atoms with Crippen LogP contribution in [0.2, 0.25) is 0 Å². The van der Waals surface area contributed by atoms with Gasteiger partial charge in [0.2, 0.25) is 0 Å². The Bertz CT molecular complexity index is 289. The number of nitrogen functional groups attached to an aromatic ring is 1. The molecule has 0 bridgehead atoms. The normalized spacial score (nSPS) is 9.83. The van der Waals surface area contributed by atoms with Crippen molar-refractivity contribution >= 4 is 27.4 Å². The molecule has 0 radical (unpaired) electrons. The van der Waals surface area contributed by atoms with Gasteiger partial charge in [0.15, 0.2) is 0 Å². The predicted molar refractivity (Wildman–Crippen MR) is 52.9 cm³/mol. The summed E-state index contributed by atoms with van der Waals surface area (Å²) < 4.78 is 0.916. The Morgan fingerprint density at radius 2 is 2.17 bits per heavy atom. The number of hydrogen-bond donors (Lipinski definition) is 1. The SMILES string of the molecule is CC(=O)Cc1cc(N)cc(Br)c1. The molecule has 1 rings (SSSR count). The van der Waals surface area contributed by atoms with Crippen LogP contribution in [0.1, 0.15) is 12.5 Å². The molecule has 0 saturated heterocycles. The van der Waals surface area contributed by atoms with Gasteiger partial charge in [0, 0.05) is 16.6 Å². The lowest BCUT2D eigenvalue weighted by Crippen LogP contribution is -1.97. The number of anilines is 1. The van der Waals surface area contributed by atoms with Crippen LogP contribution in [0.5, 0.6) is 0 Å². The van der Waals surface area contributed by atoms with Crippen molar-refractivity contribution < 1.29 is 4.79 Å². The highest BCUT2D eigenvalue weighted by molar-refractivity contribution is 9.10. The Hall–Kier alpha value is -0.830. The van der Waals surface area contributed by atoms with Gasteiger partial charge in [0.05, 0.1) is 0 Å². The smallest absolute Gasteiger partial charge is 0.134 e. The fourth-order valence-electron chi connectivity index (χ4n) is 1.06. The number of carbonyl (C=O) groups is 1. The monoisotopic (exact) mass is 227 g/mol. The maximum atomic E-state index is 10.8. The highest BCUT2D eigenvalue weighted by Gasteiger charge is 1.99. The maximum absolute atomic E-state index is 10.8. The molecule has 0 amide bonds. The van der Waals surface area contributed by atoms with Gasteiger partial charge in [0.1, 0.15) is 5.78 Å². The summed E-state index contributed by atoms with van der Waals surface area (Å²) in [6, 6.07) is 5.52. The molecule has 1 aromatic carbocycles. The highest BCUT2D eigenvalue weighted by Crippen LogP contribution is 2.17. The van der Waals surface area contributed by atoms with Crippen LogP contribution in [-0.4, -0.2) is 5.78 Å². The summed E-state index contributed by atoms with van der Waals surface area (Å²) in [5.41, 5.74) is 7.23. The van der Waals surface area contributed by atoms with Crippen molar-refractivity contribution in [1.29, 1.82) is 0 Å². The molecule has 0 atom stereocenters. The second-order valence-corrected chi connectivity index (χ2v) is 3.69. The summed E-state index contributed by atoms with van der Waals surface area (Å²) in [4.78, 5) is 10.8. The highest BCUT2D eigenvalue weighted by atomic mass is 79.9. The molecule has 12 heavy (non-hydrogen) atoms. The third-order valence-corrected chi connectivity index (χ3v) is 1.89. The number of halogens is 1. The van der Waals surface area contributed by atoms with Gasteiger partial charge in [0.25, 0.3) is 0 Å².